The molecule has 0 bridgehead atoms. The van der Waals surface area contributed by atoms with E-state index < -0.39 is 0 Å². The standard InChI is InChI=1S/C14H19N3O/c1-10-6-12(11(2)15)4-5-14(10)18-8-13-7-16-9-17(13)3/h4-7,9,11H,8,15H2,1-3H3. The molecule has 0 saturated carbocycles. The van der Waals surface area contributed by atoms with Crippen molar-refractivity contribution in [2.24, 2.45) is 12.8 Å². The Labute approximate surface area is 107 Å². The number of rotatable bonds is 4. The van der Waals surface area contributed by atoms with Gasteiger partial charge in [-0.25, -0.2) is 4.98 Å². The average molecular weight is 245 g/mol. The van der Waals surface area contributed by atoms with Crippen molar-refractivity contribution in [3.8, 4) is 5.75 Å². The molecule has 0 radical (unpaired) electrons. The van der Waals surface area contributed by atoms with Gasteiger partial charge in [-0.2, -0.15) is 0 Å². The van der Waals surface area contributed by atoms with Gasteiger partial charge in [0.15, 0.2) is 0 Å². The predicted octanol–water partition coefficient (Wildman–Crippen LogP) is 2.33. The molecule has 1 heterocycles. The number of hydrogen-bond acceptors (Lipinski definition) is 3. The summed E-state index contributed by atoms with van der Waals surface area (Å²) in [7, 11) is 1.96. The molecule has 0 aliphatic heterocycles. The maximum atomic E-state index is 5.85. The number of aryl methyl sites for hydroxylation is 2. The third-order valence-electron chi connectivity index (χ3n) is 3.02. The number of nitrogens with zero attached hydrogens (tertiary/aromatic N) is 2. The van der Waals surface area contributed by atoms with E-state index in [4.69, 9.17) is 10.5 Å². The molecule has 1 atom stereocenters. The maximum absolute atomic E-state index is 5.85. The molecule has 0 saturated heterocycles. The van der Waals surface area contributed by atoms with Crippen LogP contribution in [0.25, 0.3) is 0 Å². The SMILES string of the molecule is Cc1cc(C(C)N)ccc1OCc1cncn1C. The van der Waals surface area contributed by atoms with Crippen LogP contribution in [0.1, 0.15) is 29.8 Å². The minimum atomic E-state index is 0.0508. The Bertz CT molecular complexity index is 532. The third-order valence-corrected chi connectivity index (χ3v) is 3.02. The fraction of sp³-hybridized carbons (Fsp3) is 0.357. The topological polar surface area (TPSA) is 53.1 Å². The van der Waals surface area contributed by atoms with Gasteiger partial charge in [0.05, 0.1) is 18.2 Å². The van der Waals surface area contributed by atoms with Gasteiger partial charge in [0.1, 0.15) is 12.4 Å². The molecule has 2 rings (SSSR count). The summed E-state index contributed by atoms with van der Waals surface area (Å²) in [5.74, 6) is 0.889. The highest BCUT2D eigenvalue weighted by Gasteiger charge is 2.05. The second kappa shape index (κ2) is 5.23. The van der Waals surface area contributed by atoms with Crippen molar-refractivity contribution in [3.63, 3.8) is 0 Å². The first-order valence-corrected chi connectivity index (χ1v) is 6.02. The number of nitrogens with two attached hydrogens (primary N) is 1. The second-order valence-electron chi connectivity index (χ2n) is 4.60. The van der Waals surface area contributed by atoms with Crippen molar-refractivity contribution >= 4 is 0 Å². The Morgan fingerprint density at radius 2 is 2.22 bits per heavy atom. The highest BCUT2D eigenvalue weighted by atomic mass is 16.5. The Kier molecular flexibility index (Phi) is 3.67. The summed E-state index contributed by atoms with van der Waals surface area (Å²) in [6.45, 7) is 4.53. The molecule has 0 fully saturated rings. The Hall–Kier alpha value is -1.81. The van der Waals surface area contributed by atoms with Gasteiger partial charge in [0.25, 0.3) is 0 Å². The lowest BCUT2D eigenvalue weighted by atomic mass is 10.1. The van der Waals surface area contributed by atoms with Crippen molar-refractivity contribution in [2.45, 2.75) is 26.5 Å². The fourth-order valence-electron chi connectivity index (χ4n) is 1.79. The van der Waals surface area contributed by atoms with Crippen LogP contribution in [-0.4, -0.2) is 9.55 Å². The van der Waals surface area contributed by atoms with Gasteiger partial charge < -0.3 is 15.0 Å². The number of benzene rings is 1. The largest absolute Gasteiger partial charge is 0.487 e. The lowest BCUT2D eigenvalue weighted by Gasteiger charge is -2.12. The Morgan fingerprint density at radius 3 is 2.78 bits per heavy atom. The van der Waals surface area contributed by atoms with Crippen LogP contribution < -0.4 is 10.5 Å². The van der Waals surface area contributed by atoms with Gasteiger partial charge in [0.2, 0.25) is 0 Å². The lowest BCUT2D eigenvalue weighted by Crippen LogP contribution is -2.06. The van der Waals surface area contributed by atoms with Crippen LogP contribution in [0.3, 0.4) is 0 Å². The van der Waals surface area contributed by atoms with Crippen LogP contribution in [0.2, 0.25) is 0 Å². The summed E-state index contributed by atoms with van der Waals surface area (Å²) in [6.07, 6.45) is 3.58. The van der Waals surface area contributed by atoms with Crippen LogP contribution in [0.5, 0.6) is 5.75 Å². The van der Waals surface area contributed by atoms with Crippen molar-refractivity contribution < 1.29 is 4.74 Å². The van der Waals surface area contributed by atoms with Gasteiger partial charge in [-0.05, 0) is 31.0 Å². The minimum absolute atomic E-state index is 0.0508. The first-order chi connectivity index (χ1) is 8.58. The van der Waals surface area contributed by atoms with Gasteiger partial charge in [-0.3, -0.25) is 0 Å². The molecule has 4 heteroatoms. The van der Waals surface area contributed by atoms with Gasteiger partial charge in [-0.15, -0.1) is 0 Å². The van der Waals surface area contributed by atoms with Gasteiger partial charge in [-0.1, -0.05) is 12.1 Å². The van der Waals surface area contributed by atoms with E-state index in [1.54, 1.807) is 6.33 Å². The maximum Gasteiger partial charge on any atom is 0.130 e. The third kappa shape index (κ3) is 2.71. The predicted molar refractivity (Wildman–Crippen MR) is 71.3 cm³/mol. The van der Waals surface area contributed by atoms with Crippen LogP contribution in [0, 0.1) is 6.92 Å². The summed E-state index contributed by atoms with van der Waals surface area (Å²) in [5, 5.41) is 0. The zero-order chi connectivity index (χ0) is 13.1. The number of imidazole rings is 1. The molecule has 0 aliphatic rings. The molecule has 2 N–H and O–H groups in total. The highest BCUT2D eigenvalue weighted by Crippen LogP contribution is 2.22. The first kappa shape index (κ1) is 12.6. The molecule has 1 aromatic heterocycles. The first-order valence-electron chi connectivity index (χ1n) is 6.02. The number of ether oxygens (including phenoxy) is 1. The molecular formula is C14H19N3O. The molecule has 0 spiro atoms. The normalized spacial score (nSPS) is 12.4. The number of hydrogen-bond donors (Lipinski definition) is 1. The summed E-state index contributed by atoms with van der Waals surface area (Å²) >= 11 is 0. The molecule has 96 valence electrons. The molecule has 1 aromatic carbocycles. The summed E-state index contributed by atoms with van der Waals surface area (Å²) in [4.78, 5) is 4.06. The molecule has 0 aliphatic carbocycles. The van der Waals surface area contributed by atoms with Crippen molar-refractivity contribution in [3.05, 3.63) is 47.5 Å². The molecule has 4 nitrogen and oxygen atoms in total. The van der Waals surface area contributed by atoms with E-state index in [1.807, 2.05) is 43.8 Å². The molecular weight excluding hydrogens is 226 g/mol. The zero-order valence-corrected chi connectivity index (χ0v) is 11.1. The summed E-state index contributed by atoms with van der Waals surface area (Å²) < 4.78 is 7.75. The van der Waals surface area contributed by atoms with E-state index in [0.717, 1.165) is 22.6 Å². The molecule has 1 unspecified atom stereocenters. The van der Waals surface area contributed by atoms with Crippen molar-refractivity contribution in [2.75, 3.05) is 0 Å². The summed E-state index contributed by atoms with van der Waals surface area (Å²) in [6, 6.07) is 6.11. The van der Waals surface area contributed by atoms with E-state index in [1.165, 1.54) is 0 Å². The van der Waals surface area contributed by atoms with Crippen LogP contribution >= 0.6 is 0 Å². The van der Waals surface area contributed by atoms with Crippen molar-refractivity contribution in [1.29, 1.82) is 0 Å². The van der Waals surface area contributed by atoms with Crippen LogP contribution in [0.4, 0.5) is 0 Å². The quantitative estimate of drug-likeness (QED) is 0.899. The molecule has 18 heavy (non-hydrogen) atoms. The lowest BCUT2D eigenvalue weighted by molar-refractivity contribution is 0.295. The molecule has 2 aromatic rings. The minimum Gasteiger partial charge on any atom is -0.487 e. The Morgan fingerprint density at radius 1 is 1.44 bits per heavy atom. The van der Waals surface area contributed by atoms with E-state index in [-0.39, 0.29) is 6.04 Å². The van der Waals surface area contributed by atoms with E-state index in [2.05, 4.69) is 11.1 Å². The van der Waals surface area contributed by atoms with Crippen molar-refractivity contribution in [1.82, 2.24) is 9.55 Å². The van der Waals surface area contributed by atoms with Crippen LogP contribution in [-0.2, 0) is 13.7 Å². The highest BCUT2D eigenvalue weighted by molar-refractivity contribution is 5.37. The van der Waals surface area contributed by atoms with E-state index in [0.29, 0.717) is 6.61 Å². The van der Waals surface area contributed by atoms with Gasteiger partial charge in [0, 0.05) is 13.1 Å². The molecule has 0 amide bonds. The smallest absolute Gasteiger partial charge is 0.130 e. The van der Waals surface area contributed by atoms with E-state index >= 15 is 0 Å². The zero-order valence-electron chi connectivity index (χ0n) is 11.1. The van der Waals surface area contributed by atoms with Crippen LogP contribution in [0.15, 0.2) is 30.7 Å². The summed E-state index contributed by atoms with van der Waals surface area (Å²) in [5.41, 5.74) is 9.13. The monoisotopic (exact) mass is 245 g/mol. The Balaban J connectivity index is 2.08. The fourth-order valence-corrected chi connectivity index (χ4v) is 1.79. The second-order valence-corrected chi connectivity index (χ2v) is 4.60. The average Bonchev–Trinajstić information content (AvgIpc) is 2.73. The van der Waals surface area contributed by atoms with E-state index in [9.17, 15) is 0 Å². The number of aromatic nitrogens is 2. The van der Waals surface area contributed by atoms with Gasteiger partial charge >= 0.3 is 0 Å².